The number of esters is 1. The number of carbonyl (C=O) groups is 2. The minimum absolute atomic E-state index is 0.199. The van der Waals surface area contributed by atoms with E-state index in [1.807, 2.05) is 0 Å². The largest absolute Gasteiger partial charge is 0.466 e. The van der Waals surface area contributed by atoms with Gasteiger partial charge in [-0.1, -0.05) is 34.8 Å². The first-order chi connectivity index (χ1) is 8.43. The zero-order valence-corrected chi connectivity index (χ0v) is 11.7. The second-order valence-corrected chi connectivity index (χ2v) is 4.53. The Morgan fingerprint density at radius 2 is 1.78 bits per heavy atom. The molecule has 0 aromatic heterocycles. The standard InChI is InChI=1S/C11H10Cl3NO3/c1-2-18-10(17)5-9(16)15-11-7(13)3-6(12)4-8(11)14/h3-4H,2,5H2,1H3,(H,15,16). The Hall–Kier alpha value is -0.970. The van der Waals surface area contributed by atoms with Crippen LogP contribution in [0.15, 0.2) is 12.1 Å². The van der Waals surface area contributed by atoms with Crippen LogP contribution in [0.4, 0.5) is 5.69 Å². The minimum atomic E-state index is -0.615. The van der Waals surface area contributed by atoms with E-state index in [9.17, 15) is 9.59 Å². The van der Waals surface area contributed by atoms with Gasteiger partial charge in [0.2, 0.25) is 5.91 Å². The Bertz CT molecular complexity index is 454. The third-order valence-corrected chi connectivity index (χ3v) is 2.70. The van der Waals surface area contributed by atoms with Crippen LogP contribution in [0.2, 0.25) is 15.1 Å². The zero-order chi connectivity index (χ0) is 13.7. The molecule has 0 aliphatic heterocycles. The Morgan fingerprint density at radius 3 is 2.28 bits per heavy atom. The van der Waals surface area contributed by atoms with E-state index in [1.54, 1.807) is 6.92 Å². The third-order valence-electron chi connectivity index (χ3n) is 1.88. The van der Waals surface area contributed by atoms with Crippen molar-refractivity contribution >= 4 is 52.4 Å². The van der Waals surface area contributed by atoms with E-state index in [4.69, 9.17) is 34.8 Å². The molecule has 0 aliphatic rings. The number of ether oxygens (including phenoxy) is 1. The van der Waals surface area contributed by atoms with Crippen LogP contribution in [0.1, 0.15) is 13.3 Å². The molecule has 7 heteroatoms. The summed E-state index contributed by atoms with van der Waals surface area (Å²) in [7, 11) is 0. The Morgan fingerprint density at radius 1 is 1.22 bits per heavy atom. The van der Waals surface area contributed by atoms with E-state index < -0.39 is 18.3 Å². The summed E-state index contributed by atoms with van der Waals surface area (Å²) in [6.07, 6.45) is -0.400. The number of rotatable bonds is 4. The third kappa shape index (κ3) is 4.37. The molecule has 0 saturated heterocycles. The first-order valence-electron chi connectivity index (χ1n) is 5.04. The van der Waals surface area contributed by atoms with E-state index in [0.717, 1.165) is 0 Å². The van der Waals surface area contributed by atoms with Gasteiger partial charge in [-0.25, -0.2) is 0 Å². The molecule has 1 N–H and O–H groups in total. The lowest BCUT2D eigenvalue weighted by Crippen LogP contribution is -2.18. The maximum Gasteiger partial charge on any atom is 0.315 e. The Kier molecular flexibility index (Phi) is 5.72. The quantitative estimate of drug-likeness (QED) is 0.683. The summed E-state index contributed by atoms with van der Waals surface area (Å²) in [4.78, 5) is 22.6. The van der Waals surface area contributed by atoms with Crippen LogP contribution in [-0.4, -0.2) is 18.5 Å². The summed E-state index contributed by atoms with van der Waals surface area (Å²) in [5.41, 5.74) is 0.219. The number of carbonyl (C=O) groups excluding carboxylic acids is 2. The number of hydrogen-bond donors (Lipinski definition) is 1. The summed E-state index contributed by atoms with van der Waals surface area (Å²) in [5, 5.41) is 3.19. The van der Waals surface area contributed by atoms with Crippen LogP contribution in [0.25, 0.3) is 0 Å². The monoisotopic (exact) mass is 309 g/mol. The van der Waals surface area contributed by atoms with E-state index in [1.165, 1.54) is 12.1 Å². The summed E-state index contributed by atoms with van der Waals surface area (Å²) >= 11 is 17.5. The fourth-order valence-corrected chi connectivity index (χ4v) is 2.10. The molecule has 1 amide bonds. The smallest absolute Gasteiger partial charge is 0.315 e. The molecule has 0 radical (unpaired) electrons. The van der Waals surface area contributed by atoms with Crippen LogP contribution in [0.5, 0.6) is 0 Å². The lowest BCUT2D eigenvalue weighted by Gasteiger charge is -2.09. The van der Waals surface area contributed by atoms with Gasteiger partial charge in [-0.05, 0) is 19.1 Å². The van der Waals surface area contributed by atoms with Gasteiger partial charge in [0, 0.05) is 5.02 Å². The molecule has 98 valence electrons. The average Bonchev–Trinajstić information content (AvgIpc) is 2.23. The van der Waals surface area contributed by atoms with E-state index in [-0.39, 0.29) is 22.3 Å². The maximum atomic E-state index is 11.5. The normalized spacial score (nSPS) is 10.0. The number of amides is 1. The second kappa shape index (κ2) is 6.83. The molecule has 4 nitrogen and oxygen atoms in total. The lowest BCUT2D eigenvalue weighted by atomic mass is 10.3. The average molecular weight is 311 g/mol. The van der Waals surface area contributed by atoms with Gasteiger partial charge in [0.25, 0.3) is 0 Å². The molecule has 1 aromatic carbocycles. The highest BCUT2D eigenvalue weighted by Gasteiger charge is 2.14. The number of halogens is 3. The molecule has 0 atom stereocenters. The molecular weight excluding hydrogens is 300 g/mol. The van der Waals surface area contributed by atoms with Crippen molar-refractivity contribution in [2.24, 2.45) is 0 Å². The Balaban J connectivity index is 2.73. The topological polar surface area (TPSA) is 55.4 Å². The molecule has 0 unspecified atom stereocenters. The van der Waals surface area contributed by atoms with Gasteiger partial charge in [0.15, 0.2) is 0 Å². The summed E-state index contributed by atoms with van der Waals surface area (Å²) < 4.78 is 4.64. The SMILES string of the molecule is CCOC(=O)CC(=O)Nc1c(Cl)cc(Cl)cc1Cl. The van der Waals surface area contributed by atoms with Crippen molar-refractivity contribution < 1.29 is 14.3 Å². The molecule has 1 rings (SSSR count). The number of hydrogen-bond acceptors (Lipinski definition) is 3. The van der Waals surface area contributed by atoms with Crippen LogP contribution in [0, 0.1) is 0 Å². The first-order valence-corrected chi connectivity index (χ1v) is 6.17. The van der Waals surface area contributed by atoms with Gasteiger partial charge >= 0.3 is 5.97 Å². The van der Waals surface area contributed by atoms with Crippen molar-refractivity contribution in [1.29, 1.82) is 0 Å². The fourth-order valence-electron chi connectivity index (χ4n) is 1.19. The van der Waals surface area contributed by atoms with Crippen LogP contribution < -0.4 is 5.32 Å². The van der Waals surface area contributed by atoms with Crippen LogP contribution in [0.3, 0.4) is 0 Å². The highest BCUT2D eigenvalue weighted by atomic mass is 35.5. The Labute approximate surface area is 119 Å². The summed E-state index contributed by atoms with van der Waals surface area (Å²) in [6.45, 7) is 1.87. The van der Waals surface area contributed by atoms with E-state index in [2.05, 4.69) is 10.1 Å². The first kappa shape index (κ1) is 15.1. The van der Waals surface area contributed by atoms with Gasteiger partial charge in [-0.2, -0.15) is 0 Å². The van der Waals surface area contributed by atoms with Gasteiger partial charge < -0.3 is 10.1 Å². The van der Waals surface area contributed by atoms with E-state index >= 15 is 0 Å². The molecule has 0 aliphatic carbocycles. The molecule has 18 heavy (non-hydrogen) atoms. The van der Waals surface area contributed by atoms with Crippen molar-refractivity contribution in [3.63, 3.8) is 0 Å². The predicted octanol–water partition coefficient (Wildman–Crippen LogP) is 3.54. The minimum Gasteiger partial charge on any atom is -0.466 e. The second-order valence-electron chi connectivity index (χ2n) is 3.27. The number of anilines is 1. The molecule has 0 fully saturated rings. The van der Waals surface area contributed by atoms with Crippen LogP contribution >= 0.6 is 34.8 Å². The van der Waals surface area contributed by atoms with Crippen molar-refractivity contribution in [2.75, 3.05) is 11.9 Å². The predicted molar refractivity (Wildman–Crippen MR) is 71.4 cm³/mol. The number of benzene rings is 1. The van der Waals surface area contributed by atoms with Gasteiger partial charge in [0.05, 0.1) is 22.3 Å². The molecular formula is C11H10Cl3NO3. The van der Waals surface area contributed by atoms with Gasteiger partial charge in [-0.15, -0.1) is 0 Å². The van der Waals surface area contributed by atoms with Crippen molar-refractivity contribution in [3.05, 3.63) is 27.2 Å². The zero-order valence-electron chi connectivity index (χ0n) is 9.43. The lowest BCUT2D eigenvalue weighted by molar-refractivity contribution is -0.145. The van der Waals surface area contributed by atoms with Crippen molar-refractivity contribution in [3.8, 4) is 0 Å². The fraction of sp³-hybridized carbons (Fsp3) is 0.273. The summed E-state index contributed by atoms with van der Waals surface area (Å²) in [5.74, 6) is -1.17. The van der Waals surface area contributed by atoms with Crippen molar-refractivity contribution in [1.82, 2.24) is 0 Å². The molecule has 0 bridgehead atoms. The highest BCUT2D eigenvalue weighted by Crippen LogP contribution is 2.33. The van der Waals surface area contributed by atoms with Gasteiger partial charge in [0.1, 0.15) is 6.42 Å². The molecule has 0 spiro atoms. The van der Waals surface area contributed by atoms with Gasteiger partial charge in [-0.3, -0.25) is 9.59 Å². The van der Waals surface area contributed by atoms with Crippen LogP contribution in [-0.2, 0) is 14.3 Å². The summed E-state index contributed by atoms with van der Waals surface area (Å²) in [6, 6.07) is 2.88. The molecule has 0 saturated carbocycles. The molecule has 0 heterocycles. The highest BCUT2D eigenvalue weighted by molar-refractivity contribution is 6.42. The van der Waals surface area contributed by atoms with E-state index in [0.29, 0.717) is 5.02 Å². The molecule has 1 aromatic rings. The number of nitrogens with one attached hydrogen (secondary N) is 1. The van der Waals surface area contributed by atoms with Crippen molar-refractivity contribution in [2.45, 2.75) is 13.3 Å². The maximum absolute atomic E-state index is 11.5.